The van der Waals surface area contributed by atoms with Gasteiger partial charge in [-0.25, -0.2) is 4.79 Å². The van der Waals surface area contributed by atoms with Crippen LogP contribution in [0.2, 0.25) is 5.02 Å². The van der Waals surface area contributed by atoms with Gasteiger partial charge in [-0.05, 0) is 49.4 Å². The summed E-state index contributed by atoms with van der Waals surface area (Å²) in [6.07, 6.45) is -1.02. The van der Waals surface area contributed by atoms with E-state index in [2.05, 4.69) is 5.32 Å². The number of Topliss-reactive ketones (excluding diaryl/α,β-unsaturated/α-hetero) is 1. The summed E-state index contributed by atoms with van der Waals surface area (Å²) in [6, 6.07) is 17.5. The maximum absolute atomic E-state index is 12.4. The fourth-order valence-corrected chi connectivity index (χ4v) is 3.00. The minimum Gasteiger partial charge on any atom is -0.451 e. The van der Waals surface area contributed by atoms with Crippen LogP contribution >= 0.6 is 11.6 Å². The molecule has 162 valence electrons. The lowest BCUT2D eigenvalue weighted by Gasteiger charge is -2.13. The molecule has 3 aromatic rings. The Balaban J connectivity index is 1.63. The van der Waals surface area contributed by atoms with Crippen molar-refractivity contribution in [2.24, 2.45) is 0 Å². The number of esters is 1. The molecule has 0 aliphatic rings. The molecule has 0 unspecified atom stereocenters. The molecule has 0 saturated heterocycles. The van der Waals surface area contributed by atoms with Crippen LogP contribution in [0.15, 0.2) is 72.8 Å². The summed E-state index contributed by atoms with van der Waals surface area (Å²) in [6.45, 7) is 1.47. The van der Waals surface area contributed by atoms with Crippen LogP contribution in [-0.2, 0) is 4.74 Å². The van der Waals surface area contributed by atoms with E-state index in [4.69, 9.17) is 16.3 Å². The number of hydrogen-bond acceptors (Lipinski definition) is 6. The zero-order valence-corrected chi connectivity index (χ0v) is 17.5. The van der Waals surface area contributed by atoms with E-state index in [-0.39, 0.29) is 22.6 Å². The van der Waals surface area contributed by atoms with Crippen LogP contribution in [-0.4, -0.2) is 28.7 Å². The van der Waals surface area contributed by atoms with Crippen molar-refractivity contribution in [2.75, 3.05) is 5.32 Å². The first-order valence-corrected chi connectivity index (χ1v) is 9.79. The number of nitrogens with one attached hydrogen (secondary N) is 1. The normalized spacial score (nSPS) is 11.3. The molecule has 32 heavy (non-hydrogen) atoms. The smallest absolute Gasteiger partial charge is 0.338 e. The predicted octanol–water partition coefficient (Wildman–Crippen LogP) is 4.93. The van der Waals surface area contributed by atoms with E-state index < -0.39 is 22.9 Å². The lowest BCUT2D eigenvalue weighted by Crippen LogP contribution is -2.24. The Bertz CT molecular complexity index is 1190. The van der Waals surface area contributed by atoms with Crippen LogP contribution in [0.3, 0.4) is 0 Å². The van der Waals surface area contributed by atoms with Gasteiger partial charge in [0.15, 0.2) is 6.10 Å². The van der Waals surface area contributed by atoms with Crippen molar-refractivity contribution >= 4 is 40.6 Å². The number of amides is 1. The van der Waals surface area contributed by atoms with E-state index in [1.165, 1.54) is 61.5 Å². The number of non-ortho nitro benzene ring substituents is 1. The second kappa shape index (κ2) is 9.84. The summed E-state index contributed by atoms with van der Waals surface area (Å²) >= 11 is 5.89. The highest BCUT2D eigenvalue weighted by Crippen LogP contribution is 2.18. The Morgan fingerprint density at radius 2 is 1.59 bits per heavy atom. The van der Waals surface area contributed by atoms with E-state index in [9.17, 15) is 24.5 Å². The van der Waals surface area contributed by atoms with Crippen LogP contribution in [0.4, 0.5) is 11.4 Å². The maximum atomic E-state index is 12.4. The third kappa shape index (κ3) is 5.55. The Kier molecular flexibility index (Phi) is 6.97. The summed E-state index contributed by atoms with van der Waals surface area (Å²) in [7, 11) is 0. The average molecular weight is 453 g/mol. The van der Waals surface area contributed by atoms with Gasteiger partial charge in [-0.15, -0.1) is 0 Å². The second-order valence-electron chi connectivity index (χ2n) is 6.76. The molecule has 0 aliphatic heterocycles. The SMILES string of the molecule is C[C@@H](OC(=O)c1ccc(NC(=O)c2cccc([N+](=O)[O-])c2)cc1)C(=O)c1cccc(Cl)c1. The summed E-state index contributed by atoms with van der Waals surface area (Å²) in [5.41, 5.74) is 0.815. The van der Waals surface area contributed by atoms with Crippen LogP contribution < -0.4 is 5.32 Å². The Labute approximate surface area is 187 Å². The molecule has 0 radical (unpaired) electrons. The summed E-state index contributed by atoms with van der Waals surface area (Å²) in [4.78, 5) is 47.4. The highest BCUT2D eigenvalue weighted by Gasteiger charge is 2.21. The Morgan fingerprint density at radius 1 is 0.938 bits per heavy atom. The van der Waals surface area contributed by atoms with Crippen molar-refractivity contribution in [3.05, 3.63) is 105 Å². The summed E-state index contributed by atoms with van der Waals surface area (Å²) in [5, 5.41) is 13.8. The lowest BCUT2D eigenvalue weighted by atomic mass is 10.1. The zero-order chi connectivity index (χ0) is 23.3. The van der Waals surface area contributed by atoms with Gasteiger partial charge >= 0.3 is 5.97 Å². The molecule has 0 bridgehead atoms. The third-order valence-corrected chi connectivity index (χ3v) is 4.69. The summed E-state index contributed by atoms with van der Waals surface area (Å²) < 4.78 is 5.24. The van der Waals surface area contributed by atoms with Gasteiger partial charge in [0.2, 0.25) is 5.78 Å². The number of halogens is 1. The molecular weight excluding hydrogens is 436 g/mol. The van der Waals surface area contributed by atoms with Gasteiger partial charge in [-0.1, -0.05) is 29.8 Å². The molecule has 0 aliphatic carbocycles. The number of carbonyl (C=O) groups is 3. The standard InChI is InChI=1S/C23H17ClN2O6/c1-14(21(27)16-4-2-6-18(24)12-16)32-23(29)15-8-10-19(11-9-15)25-22(28)17-5-3-7-20(13-17)26(30)31/h2-14H,1H3,(H,25,28)/t14-/m1/s1. The first-order chi connectivity index (χ1) is 15.2. The van der Waals surface area contributed by atoms with Crippen molar-refractivity contribution in [1.29, 1.82) is 0 Å². The first kappa shape index (κ1) is 22.6. The quantitative estimate of drug-likeness (QED) is 0.235. The van der Waals surface area contributed by atoms with E-state index in [1.54, 1.807) is 18.2 Å². The fourth-order valence-electron chi connectivity index (χ4n) is 2.81. The number of nitro groups is 1. The molecule has 8 nitrogen and oxygen atoms in total. The van der Waals surface area contributed by atoms with Crippen molar-refractivity contribution in [1.82, 2.24) is 0 Å². The van der Waals surface area contributed by atoms with Gasteiger partial charge in [0.25, 0.3) is 11.6 Å². The van der Waals surface area contributed by atoms with Crippen molar-refractivity contribution in [2.45, 2.75) is 13.0 Å². The van der Waals surface area contributed by atoms with E-state index in [0.29, 0.717) is 16.3 Å². The van der Waals surface area contributed by atoms with Crippen molar-refractivity contribution < 1.29 is 24.0 Å². The monoisotopic (exact) mass is 452 g/mol. The highest BCUT2D eigenvalue weighted by atomic mass is 35.5. The van der Waals surface area contributed by atoms with Gasteiger partial charge < -0.3 is 10.1 Å². The summed E-state index contributed by atoms with van der Waals surface area (Å²) in [5.74, 6) is -1.63. The molecule has 0 saturated carbocycles. The van der Waals surface area contributed by atoms with Crippen LogP contribution in [0, 0.1) is 10.1 Å². The molecule has 3 rings (SSSR count). The number of benzene rings is 3. The second-order valence-corrected chi connectivity index (χ2v) is 7.20. The fraction of sp³-hybridized carbons (Fsp3) is 0.0870. The van der Waals surface area contributed by atoms with E-state index in [0.717, 1.165) is 0 Å². The zero-order valence-electron chi connectivity index (χ0n) is 16.8. The van der Waals surface area contributed by atoms with Crippen molar-refractivity contribution in [3.8, 4) is 0 Å². The molecule has 1 N–H and O–H groups in total. The number of anilines is 1. The lowest BCUT2D eigenvalue weighted by molar-refractivity contribution is -0.384. The largest absolute Gasteiger partial charge is 0.451 e. The first-order valence-electron chi connectivity index (χ1n) is 9.41. The van der Waals surface area contributed by atoms with E-state index in [1.807, 2.05) is 0 Å². The van der Waals surface area contributed by atoms with Crippen molar-refractivity contribution in [3.63, 3.8) is 0 Å². The molecule has 3 aromatic carbocycles. The molecular formula is C23H17ClN2O6. The molecule has 0 fully saturated rings. The number of ether oxygens (including phenoxy) is 1. The molecule has 0 heterocycles. The van der Waals surface area contributed by atoms with Gasteiger partial charge in [0.1, 0.15) is 0 Å². The number of hydrogen-bond donors (Lipinski definition) is 1. The molecule has 0 spiro atoms. The third-order valence-electron chi connectivity index (χ3n) is 4.46. The van der Waals surface area contributed by atoms with Gasteiger partial charge in [0, 0.05) is 34.0 Å². The molecule has 0 aromatic heterocycles. The van der Waals surface area contributed by atoms with Crippen LogP contribution in [0.1, 0.15) is 38.0 Å². The highest BCUT2D eigenvalue weighted by molar-refractivity contribution is 6.31. The van der Waals surface area contributed by atoms with Gasteiger partial charge in [-0.2, -0.15) is 0 Å². The Morgan fingerprint density at radius 3 is 2.25 bits per heavy atom. The van der Waals surface area contributed by atoms with Gasteiger partial charge in [0.05, 0.1) is 10.5 Å². The minimum absolute atomic E-state index is 0.121. The molecule has 1 atom stereocenters. The minimum atomic E-state index is -1.02. The molecule has 1 amide bonds. The number of carbonyl (C=O) groups excluding carboxylic acids is 3. The van der Waals surface area contributed by atoms with Crippen LogP contribution in [0.25, 0.3) is 0 Å². The Hall–Kier alpha value is -4.04. The predicted molar refractivity (Wildman–Crippen MR) is 118 cm³/mol. The number of rotatable bonds is 7. The number of nitrogens with zero attached hydrogens (tertiary/aromatic N) is 1. The van der Waals surface area contributed by atoms with Gasteiger partial charge in [-0.3, -0.25) is 19.7 Å². The van der Waals surface area contributed by atoms with E-state index >= 15 is 0 Å². The topological polar surface area (TPSA) is 116 Å². The number of nitro benzene ring substituents is 1. The average Bonchev–Trinajstić information content (AvgIpc) is 2.79. The molecule has 9 heteroatoms. The van der Waals surface area contributed by atoms with Crippen LogP contribution in [0.5, 0.6) is 0 Å². The maximum Gasteiger partial charge on any atom is 0.338 e. The number of ketones is 1.